The number of benzene rings is 2. The fraction of sp³-hybridized carbons (Fsp3) is 0.250. The molecule has 0 bridgehead atoms. The van der Waals surface area contributed by atoms with Gasteiger partial charge in [-0.25, -0.2) is 0 Å². The number of aromatic nitrogens is 3. The molecule has 3 heterocycles. The summed E-state index contributed by atoms with van der Waals surface area (Å²) < 4.78 is 0. The van der Waals surface area contributed by atoms with E-state index in [0.29, 0.717) is 24.4 Å². The number of piperazine rings is 1. The van der Waals surface area contributed by atoms with Crippen LogP contribution >= 0.6 is 11.6 Å². The van der Waals surface area contributed by atoms with Crippen LogP contribution in [0.1, 0.15) is 5.56 Å². The van der Waals surface area contributed by atoms with Crippen molar-refractivity contribution in [1.29, 1.82) is 0 Å². The second kappa shape index (κ2) is 9.56. The highest BCUT2D eigenvalue weighted by molar-refractivity contribution is 6.30. The summed E-state index contributed by atoms with van der Waals surface area (Å²) in [7, 11) is 2.13. The van der Waals surface area contributed by atoms with E-state index < -0.39 is 0 Å². The number of halogens is 1. The van der Waals surface area contributed by atoms with E-state index in [1.54, 1.807) is 0 Å². The molecule has 1 fully saturated rings. The molecule has 5 rings (SSSR count). The number of nitrogens with one attached hydrogen (secondary N) is 2. The second-order valence-electron chi connectivity index (χ2n) is 8.07. The van der Waals surface area contributed by atoms with E-state index in [1.807, 2.05) is 60.7 Å². The molecule has 3 aromatic rings. The Bertz CT molecular complexity index is 1170. The first-order valence-corrected chi connectivity index (χ1v) is 11.3. The maximum Gasteiger partial charge on any atom is 0.235 e. The molecule has 0 spiro atoms. The highest BCUT2D eigenvalue weighted by Gasteiger charge is 2.20. The minimum Gasteiger partial charge on any atom is -0.338 e. The van der Waals surface area contributed by atoms with Crippen molar-refractivity contribution >= 4 is 46.5 Å². The second-order valence-corrected chi connectivity index (χ2v) is 8.50. The summed E-state index contributed by atoms with van der Waals surface area (Å²) in [6.45, 7) is 4.26. The Labute approximate surface area is 198 Å². The van der Waals surface area contributed by atoms with Crippen LogP contribution in [0.3, 0.4) is 0 Å². The van der Waals surface area contributed by atoms with E-state index in [-0.39, 0.29) is 0 Å². The van der Waals surface area contributed by atoms with Crippen LogP contribution in [0.4, 0.5) is 23.5 Å². The molecular formula is C24H25ClN8. The third-order valence-electron chi connectivity index (χ3n) is 5.63. The van der Waals surface area contributed by atoms with Gasteiger partial charge in [0.2, 0.25) is 17.8 Å². The van der Waals surface area contributed by atoms with Gasteiger partial charge in [-0.2, -0.15) is 15.0 Å². The number of hydrogen-bond acceptors (Lipinski definition) is 8. The molecule has 168 valence electrons. The average Bonchev–Trinajstić information content (AvgIpc) is 3.29. The van der Waals surface area contributed by atoms with Crippen molar-refractivity contribution in [2.45, 2.75) is 0 Å². The van der Waals surface area contributed by atoms with Crippen LogP contribution in [0.2, 0.25) is 5.02 Å². The van der Waals surface area contributed by atoms with Crippen molar-refractivity contribution in [3.8, 4) is 0 Å². The number of anilines is 4. The minimum atomic E-state index is 0.463. The third-order valence-corrected chi connectivity index (χ3v) is 5.88. The Morgan fingerprint density at radius 3 is 2.24 bits per heavy atom. The molecule has 2 N–H and O–H groups in total. The van der Waals surface area contributed by atoms with E-state index >= 15 is 0 Å². The van der Waals surface area contributed by atoms with Gasteiger partial charge in [-0.05, 0) is 48.5 Å². The van der Waals surface area contributed by atoms with Crippen molar-refractivity contribution in [2.75, 3.05) is 55.3 Å². The van der Waals surface area contributed by atoms with Crippen molar-refractivity contribution in [2.24, 2.45) is 4.99 Å². The molecule has 0 unspecified atom stereocenters. The lowest BCUT2D eigenvalue weighted by Crippen LogP contribution is -2.45. The predicted octanol–water partition coefficient (Wildman–Crippen LogP) is 3.93. The Morgan fingerprint density at radius 1 is 0.818 bits per heavy atom. The Balaban J connectivity index is 1.39. The summed E-state index contributed by atoms with van der Waals surface area (Å²) in [4.78, 5) is 23.1. The highest BCUT2D eigenvalue weighted by Crippen LogP contribution is 2.23. The van der Waals surface area contributed by atoms with Crippen molar-refractivity contribution in [1.82, 2.24) is 19.9 Å². The van der Waals surface area contributed by atoms with Gasteiger partial charge >= 0.3 is 0 Å². The van der Waals surface area contributed by atoms with E-state index in [2.05, 4.69) is 42.4 Å². The summed E-state index contributed by atoms with van der Waals surface area (Å²) in [6, 6.07) is 17.7. The minimum absolute atomic E-state index is 0.463. The van der Waals surface area contributed by atoms with Crippen molar-refractivity contribution in [3.05, 3.63) is 71.3 Å². The average molecular weight is 461 g/mol. The van der Waals surface area contributed by atoms with Gasteiger partial charge in [-0.3, -0.25) is 4.99 Å². The number of rotatable bonds is 5. The van der Waals surface area contributed by atoms with Gasteiger partial charge in [0.25, 0.3) is 0 Å². The molecule has 0 saturated carbocycles. The molecule has 8 nitrogen and oxygen atoms in total. The fourth-order valence-electron chi connectivity index (χ4n) is 3.73. The summed E-state index contributed by atoms with van der Waals surface area (Å²) in [5.41, 5.74) is 3.13. The van der Waals surface area contributed by atoms with Crippen LogP contribution < -0.4 is 15.5 Å². The van der Waals surface area contributed by atoms with Crippen LogP contribution in [0.5, 0.6) is 0 Å². The maximum atomic E-state index is 6.02. The Hall–Kier alpha value is -3.49. The normalized spacial score (nSPS) is 16.4. The van der Waals surface area contributed by atoms with Crippen LogP contribution in [-0.4, -0.2) is 65.5 Å². The zero-order chi connectivity index (χ0) is 22.6. The lowest BCUT2D eigenvalue weighted by atomic mass is 10.1. The van der Waals surface area contributed by atoms with Gasteiger partial charge in [0, 0.05) is 36.9 Å². The molecule has 2 aliphatic rings. The maximum absolute atomic E-state index is 6.02. The molecule has 0 atom stereocenters. The lowest BCUT2D eigenvalue weighted by Gasteiger charge is -2.32. The smallest absolute Gasteiger partial charge is 0.235 e. The molecular weight excluding hydrogens is 436 g/mol. The standard InChI is InChI=1S/C24H25ClN8/c1-32-11-13-33(14-12-32)24-30-22(27-20-5-3-2-4-6-20)29-23(31-24)28-21-15-18(16-26-21)17-7-9-19(25)10-8-17/h2-10,15H,11-14,16H2,1H3,(H2,26,27,28,29,30,31). The zero-order valence-corrected chi connectivity index (χ0v) is 19.1. The summed E-state index contributed by atoms with van der Waals surface area (Å²) in [6.07, 6.45) is 2.02. The largest absolute Gasteiger partial charge is 0.338 e. The number of para-hydroxylation sites is 1. The first-order valence-electron chi connectivity index (χ1n) is 10.9. The molecule has 0 aliphatic carbocycles. The SMILES string of the molecule is CN1CCN(c2nc(NC3=NCC(c4ccc(Cl)cc4)=C3)nc(Nc3ccccc3)n2)CC1. The molecule has 33 heavy (non-hydrogen) atoms. The number of amidine groups is 1. The zero-order valence-electron chi connectivity index (χ0n) is 18.4. The van der Waals surface area contributed by atoms with Crippen LogP contribution in [0.15, 0.2) is 65.7 Å². The van der Waals surface area contributed by atoms with Gasteiger partial charge < -0.3 is 20.4 Å². The monoisotopic (exact) mass is 460 g/mol. The fourth-order valence-corrected chi connectivity index (χ4v) is 3.86. The lowest BCUT2D eigenvalue weighted by molar-refractivity contribution is 0.311. The number of aliphatic imine (C=N–C) groups is 1. The summed E-state index contributed by atoms with van der Waals surface area (Å²) in [5.74, 6) is 2.33. The molecule has 2 aliphatic heterocycles. The first-order chi connectivity index (χ1) is 16.1. The molecule has 9 heteroatoms. The first kappa shape index (κ1) is 21.4. The van der Waals surface area contributed by atoms with E-state index in [1.165, 1.54) is 0 Å². The molecule has 1 aromatic heterocycles. The Morgan fingerprint density at radius 2 is 1.52 bits per heavy atom. The van der Waals surface area contributed by atoms with E-state index in [4.69, 9.17) is 16.6 Å². The highest BCUT2D eigenvalue weighted by atomic mass is 35.5. The number of likely N-dealkylation sites (N-methyl/N-ethyl adjacent to an activating group) is 1. The van der Waals surface area contributed by atoms with Crippen LogP contribution in [-0.2, 0) is 0 Å². The molecule has 0 radical (unpaired) electrons. The molecule has 1 saturated heterocycles. The number of nitrogens with zero attached hydrogens (tertiary/aromatic N) is 6. The Kier molecular flexibility index (Phi) is 6.19. The molecule has 2 aromatic carbocycles. The third kappa shape index (κ3) is 5.30. The van der Waals surface area contributed by atoms with E-state index in [9.17, 15) is 0 Å². The van der Waals surface area contributed by atoms with Gasteiger partial charge in [0.05, 0.1) is 6.54 Å². The van der Waals surface area contributed by atoms with Crippen LogP contribution in [0, 0.1) is 0 Å². The summed E-state index contributed by atoms with van der Waals surface area (Å²) in [5, 5.41) is 7.28. The van der Waals surface area contributed by atoms with Crippen LogP contribution in [0.25, 0.3) is 5.57 Å². The predicted molar refractivity (Wildman–Crippen MR) is 135 cm³/mol. The summed E-state index contributed by atoms with van der Waals surface area (Å²) >= 11 is 6.02. The van der Waals surface area contributed by atoms with Gasteiger partial charge in [-0.1, -0.05) is 41.9 Å². The van der Waals surface area contributed by atoms with E-state index in [0.717, 1.165) is 53.9 Å². The van der Waals surface area contributed by atoms with Crippen molar-refractivity contribution in [3.63, 3.8) is 0 Å². The van der Waals surface area contributed by atoms with Gasteiger partial charge in [0.1, 0.15) is 5.84 Å². The number of hydrogen-bond donors (Lipinski definition) is 2. The van der Waals surface area contributed by atoms with Gasteiger partial charge in [-0.15, -0.1) is 0 Å². The quantitative estimate of drug-likeness (QED) is 0.597. The molecule has 0 amide bonds. The topological polar surface area (TPSA) is 81.6 Å². The van der Waals surface area contributed by atoms with Gasteiger partial charge in [0.15, 0.2) is 0 Å². The van der Waals surface area contributed by atoms with Crippen molar-refractivity contribution < 1.29 is 0 Å².